The van der Waals surface area contributed by atoms with Crippen molar-refractivity contribution < 1.29 is 168 Å². The summed E-state index contributed by atoms with van der Waals surface area (Å²) in [4.78, 5) is 88.0. The number of aliphatic carboxylic acids is 8. The Bertz CT molecular complexity index is 719. The van der Waals surface area contributed by atoms with E-state index in [1.807, 2.05) is 0 Å². The molecule has 0 aromatic rings. The van der Waals surface area contributed by atoms with Crippen molar-refractivity contribution in [3.05, 3.63) is 0 Å². The summed E-state index contributed by atoms with van der Waals surface area (Å²) in [5.74, 6) is -10.7. The van der Waals surface area contributed by atoms with Crippen LogP contribution in [0.4, 0.5) is 0 Å². The predicted molar refractivity (Wildman–Crippen MR) is 119 cm³/mol. The van der Waals surface area contributed by atoms with E-state index in [4.69, 9.17) is 25.5 Å². The summed E-state index contributed by atoms with van der Waals surface area (Å²) in [5.41, 5.74) is 0. The summed E-state index contributed by atoms with van der Waals surface area (Å²) in [5, 5.41) is 74.3. The van der Waals surface area contributed by atoms with E-state index in [2.05, 4.69) is 0 Å². The van der Waals surface area contributed by atoms with Crippen molar-refractivity contribution in [3.63, 3.8) is 0 Å². The summed E-state index contributed by atoms with van der Waals surface area (Å²) < 4.78 is 0. The van der Waals surface area contributed by atoms with Crippen LogP contribution in [-0.4, -0.2) is 171 Å². The molecule has 23 heteroatoms. The van der Waals surface area contributed by atoms with Gasteiger partial charge in [0.25, 0.3) is 0 Å². The van der Waals surface area contributed by atoms with Crippen molar-refractivity contribution in [2.45, 2.75) is 0 Å². The zero-order chi connectivity index (χ0) is 31.4. The number of carbonyl (C=O) groups is 8. The van der Waals surface area contributed by atoms with Crippen LogP contribution >= 0.6 is 0 Å². The predicted octanol–water partition coefficient (Wildman–Crippen LogP) is -17.1. The molecule has 0 atom stereocenters. The van der Waals surface area contributed by atoms with E-state index in [0.29, 0.717) is 0 Å². The fraction of sp³-hybridized carbons (Fsp3) is 0.600. The van der Waals surface area contributed by atoms with Gasteiger partial charge in [-0.05, 0) is 0 Å². The fourth-order valence-corrected chi connectivity index (χ4v) is 2.93. The molecule has 0 unspecified atom stereocenters. The summed E-state index contributed by atoms with van der Waals surface area (Å²) in [7, 11) is 0. The van der Waals surface area contributed by atoms with Crippen molar-refractivity contribution in [2.24, 2.45) is 0 Å². The van der Waals surface area contributed by atoms with Crippen LogP contribution in [0.5, 0.6) is 0 Å². The van der Waals surface area contributed by atoms with E-state index in [1.54, 1.807) is 0 Å². The van der Waals surface area contributed by atoms with E-state index in [1.165, 1.54) is 0 Å². The minimum Gasteiger partial charge on any atom is -0.549 e. The molecule has 0 rings (SSSR count). The standard InChI is InChI=1S/2C10H16N2O8.3Na/c2*13-7(14)3-11(4-8(15)16)1-2-12(5-9(17)18)6-10(19)20;;;/h2*1-6H2,(H,13,14)(H,15,16)(H,17,18)(H,19,20);;;/q;;3*+1/p-3. The molecule has 0 radical (unpaired) electrons. The number of carboxylic acid groups (broad SMARTS) is 8. The molecular weight excluding hydrogens is 621 g/mol. The van der Waals surface area contributed by atoms with E-state index in [-0.39, 0.29) is 115 Å². The van der Waals surface area contributed by atoms with Gasteiger partial charge in [0.05, 0.1) is 50.6 Å². The van der Waals surface area contributed by atoms with E-state index in [0.717, 1.165) is 19.6 Å². The van der Waals surface area contributed by atoms with Gasteiger partial charge in [0.1, 0.15) is 0 Å². The smallest absolute Gasteiger partial charge is 0.549 e. The van der Waals surface area contributed by atoms with Crippen LogP contribution in [0.2, 0.25) is 0 Å². The molecule has 228 valence electrons. The molecule has 0 heterocycles. The average Bonchev–Trinajstić information content (AvgIpc) is 2.72. The Morgan fingerprint density at radius 1 is 0.349 bits per heavy atom. The first kappa shape index (κ1) is 51.2. The Hall–Kier alpha value is -1.40. The molecule has 0 bridgehead atoms. The Morgan fingerprint density at radius 3 is 0.628 bits per heavy atom. The average molecular weight is 650 g/mol. The van der Waals surface area contributed by atoms with Gasteiger partial charge in [0.2, 0.25) is 0 Å². The van der Waals surface area contributed by atoms with Crippen LogP contribution in [0.15, 0.2) is 0 Å². The van der Waals surface area contributed by atoms with Crippen molar-refractivity contribution in [3.8, 4) is 0 Å². The summed E-state index contributed by atoms with van der Waals surface area (Å²) in [6.45, 7) is -5.25. The summed E-state index contributed by atoms with van der Waals surface area (Å²) in [6, 6.07) is 0. The van der Waals surface area contributed by atoms with Crippen molar-refractivity contribution in [1.29, 1.82) is 0 Å². The van der Waals surface area contributed by atoms with Gasteiger partial charge in [-0.2, -0.15) is 0 Å². The third-order valence-electron chi connectivity index (χ3n) is 4.32. The zero-order valence-corrected chi connectivity index (χ0v) is 30.0. The number of hydrogen-bond donors (Lipinski definition) is 5. The molecule has 0 aliphatic heterocycles. The number of nitrogens with zero attached hydrogens (tertiary/aromatic N) is 4. The van der Waals surface area contributed by atoms with E-state index in [9.17, 15) is 53.7 Å². The van der Waals surface area contributed by atoms with Crippen molar-refractivity contribution in [2.75, 3.05) is 78.5 Å². The summed E-state index contributed by atoms with van der Waals surface area (Å²) >= 11 is 0. The first-order chi connectivity index (χ1) is 18.4. The van der Waals surface area contributed by atoms with Crippen LogP contribution in [0.3, 0.4) is 0 Å². The molecule has 0 fully saturated rings. The van der Waals surface area contributed by atoms with Gasteiger partial charge in [-0.1, -0.05) is 0 Å². The van der Waals surface area contributed by atoms with Gasteiger partial charge in [0, 0.05) is 45.8 Å². The molecule has 43 heavy (non-hydrogen) atoms. The van der Waals surface area contributed by atoms with Crippen LogP contribution in [-0.2, 0) is 38.4 Å². The van der Waals surface area contributed by atoms with Gasteiger partial charge < -0.3 is 55.2 Å². The van der Waals surface area contributed by atoms with E-state index < -0.39 is 100 Å². The molecule has 20 nitrogen and oxygen atoms in total. The Balaban J connectivity index is -0.000000209. The molecule has 0 saturated carbocycles. The van der Waals surface area contributed by atoms with Gasteiger partial charge >= 0.3 is 119 Å². The maximum Gasteiger partial charge on any atom is 1.00 e. The van der Waals surface area contributed by atoms with Crippen LogP contribution in [0, 0.1) is 0 Å². The van der Waals surface area contributed by atoms with Gasteiger partial charge in [-0.3, -0.25) is 43.6 Å². The normalized spacial score (nSPS) is 9.95. The van der Waals surface area contributed by atoms with E-state index >= 15 is 0 Å². The maximum atomic E-state index is 10.6. The number of carboxylic acids is 8. The quantitative estimate of drug-likeness (QED) is 0.0679. The molecule has 0 aromatic heterocycles. The largest absolute Gasteiger partial charge is 1.00 e. The molecule has 0 aliphatic rings. The SMILES string of the molecule is O=C(O)CN(CCN(CC(=O)O)CC(=O)O)CC(=O)O.O=C([O-])CN(CCN(CC(=O)[O-])CC(=O)O)CC(=O)[O-].[Na+].[Na+].[Na+]. The van der Waals surface area contributed by atoms with Crippen molar-refractivity contribution in [1.82, 2.24) is 19.6 Å². The first-order valence-corrected chi connectivity index (χ1v) is 11.0. The number of rotatable bonds is 22. The van der Waals surface area contributed by atoms with Gasteiger partial charge in [-0.15, -0.1) is 0 Å². The van der Waals surface area contributed by atoms with Crippen molar-refractivity contribution >= 4 is 47.8 Å². The molecule has 0 amide bonds. The molecule has 0 spiro atoms. The third-order valence-corrected chi connectivity index (χ3v) is 4.32. The second-order valence-corrected chi connectivity index (χ2v) is 7.93. The molecule has 0 aliphatic carbocycles. The second-order valence-electron chi connectivity index (χ2n) is 7.93. The third kappa shape index (κ3) is 36.7. The Labute approximate surface area is 311 Å². The fourth-order valence-electron chi connectivity index (χ4n) is 2.93. The van der Waals surface area contributed by atoms with Crippen LogP contribution in [0.25, 0.3) is 0 Å². The van der Waals surface area contributed by atoms with Crippen LogP contribution < -0.4 is 104 Å². The maximum absolute atomic E-state index is 10.6. The zero-order valence-electron chi connectivity index (χ0n) is 24.0. The van der Waals surface area contributed by atoms with Gasteiger partial charge in [-0.25, -0.2) is 0 Å². The van der Waals surface area contributed by atoms with Gasteiger partial charge in [0.15, 0.2) is 0 Å². The first-order valence-electron chi connectivity index (χ1n) is 11.0. The molecule has 0 aromatic carbocycles. The topological polar surface area (TPSA) is 320 Å². The monoisotopic (exact) mass is 650 g/mol. The minimum atomic E-state index is -1.52. The molecular formula is C20H29N4Na3O16. The molecule has 5 N–H and O–H groups in total. The number of carbonyl (C=O) groups excluding carboxylic acids is 3. The summed E-state index contributed by atoms with van der Waals surface area (Å²) in [6.07, 6.45) is 0. The van der Waals surface area contributed by atoms with Crippen LogP contribution in [0.1, 0.15) is 0 Å². The second kappa shape index (κ2) is 29.3. The Kier molecular flexibility index (Phi) is 34.9. The minimum absolute atomic E-state index is 0. The Morgan fingerprint density at radius 2 is 0.488 bits per heavy atom. The molecule has 0 saturated heterocycles. The number of hydrogen-bond acceptors (Lipinski definition) is 15.